The van der Waals surface area contributed by atoms with Crippen molar-refractivity contribution in [3.8, 4) is 5.75 Å². The molecular formula is C19H22BrIO3. The number of halogens is 2. The van der Waals surface area contributed by atoms with E-state index in [1.807, 2.05) is 30.3 Å². The number of rotatable bonds is 8. The van der Waals surface area contributed by atoms with Crippen molar-refractivity contribution in [2.45, 2.75) is 32.2 Å². The molecule has 3 nitrogen and oxygen atoms in total. The first-order chi connectivity index (χ1) is 11.5. The molecule has 2 unspecified atom stereocenters. The van der Waals surface area contributed by atoms with Crippen molar-refractivity contribution in [3.63, 3.8) is 0 Å². The molecule has 0 fully saturated rings. The Bertz CT molecular complexity index is 646. The summed E-state index contributed by atoms with van der Waals surface area (Å²) < 4.78 is 19.1. The van der Waals surface area contributed by atoms with E-state index in [1.165, 1.54) is 9.13 Å². The molecule has 5 heteroatoms. The van der Waals surface area contributed by atoms with Crippen molar-refractivity contribution in [2.75, 3.05) is 14.2 Å². The summed E-state index contributed by atoms with van der Waals surface area (Å²) in [4.78, 5) is 0. The number of ether oxygens (including phenoxy) is 3. The average molecular weight is 505 g/mol. The molecule has 0 radical (unpaired) electrons. The second-order valence-corrected chi connectivity index (χ2v) is 7.67. The fourth-order valence-corrected chi connectivity index (χ4v) is 3.42. The molecule has 0 spiro atoms. The largest absolute Gasteiger partial charge is 0.497 e. The van der Waals surface area contributed by atoms with Gasteiger partial charge in [-0.05, 0) is 71.0 Å². The Hall–Kier alpha value is -0.630. The Kier molecular flexibility index (Phi) is 8.00. The van der Waals surface area contributed by atoms with Crippen molar-refractivity contribution in [1.82, 2.24) is 0 Å². The van der Waals surface area contributed by atoms with Crippen LogP contribution in [0.3, 0.4) is 0 Å². The summed E-state index contributed by atoms with van der Waals surface area (Å²) in [6, 6.07) is 14.2. The first-order valence-corrected chi connectivity index (χ1v) is 9.63. The first-order valence-electron chi connectivity index (χ1n) is 7.75. The van der Waals surface area contributed by atoms with Crippen LogP contribution < -0.4 is 4.74 Å². The highest BCUT2D eigenvalue weighted by Gasteiger charge is 2.19. The second-order valence-electron chi connectivity index (χ2n) is 5.60. The van der Waals surface area contributed by atoms with Crippen molar-refractivity contribution in [3.05, 3.63) is 61.6 Å². The Morgan fingerprint density at radius 1 is 1.08 bits per heavy atom. The average Bonchev–Trinajstić information content (AvgIpc) is 2.61. The molecule has 2 rings (SSSR count). The summed E-state index contributed by atoms with van der Waals surface area (Å²) >= 11 is 5.91. The highest BCUT2D eigenvalue weighted by Crippen LogP contribution is 2.31. The fraction of sp³-hybridized carbons (Fsp3) is 0.368. The van der Waals surface area contributed by atoms with Crippen LogP contribution in [0.4, 0.5) is 0 Å². The Morgan fingerprint density at radius 2 is 1.79 bits per heavy atom. The number of hydrogen-bond acceptors (Lipinski definition) is 3. The van der Waals surface area contributed by atoms with Gasteiger partial charge in [0.05, 0.1) is 25.9 Å². The third-order valence-corrected chi connectivity index (χ3v) is 5.34. The highest BCUT2D eigenvalue weighted by molar-refractivity contribution is 14.1. The van der Waals surface area contributed by atoms with Crippen LogP contribution in [-0.2, 0) is 16.1 Å². The normalized spacial score (nSPS) is 13.5. The summed E-state index contributed by atoms with van der Waals surface area (Å²) in [5.74, 6) is 0.852. The van der Waals surface area contributed by atoms with Crippen molar-refractivity contribution < 1.29 is 14.2 Å². The van der Waals surface area contributed by atoms with Crippen LogP contribution in [0, 0.1) is 3.57 Å². The van der Waals surface area contributed by atoms with Gasteiger partial charge in [0.15, 0.2) is 0 Å². The van der Waals surface area contributed by atoms with E-state index < -0.39 is 0 Å². The summed E-state index contributed by atoms with van der Waals surface area (Å²) in [5.41, 5.74) is 2.30. The lowest BCUT2D eigenvalue weighted by Crippen LogP contribution is -2.15. The monoisotopic (exact) mass is 504 g/mol. The zero-order valence-corrected chi connectivity index (χ0v) is 17.8. The first kappa shape index (κ1) is 19.7. The van der Waals surface area contributed by atoms with Crippen LogP contribution in [0.5, 0.6) is 5.75 Å². The van der Waals surface area contributed by atoms with Gasteiger partial charge in [-0.1, -0.05) is 28.1 Å². The minimum absolute atomic E-state index is 0.0218. The Balaban J connectivity index is 2.14. The molecule has 0 saturated heterocycles. The van der Waals surface area contributed by atoms with Crippen LogP contribution in [0.15, 0.2) is 46.9 Å². The Labute approximate surface area is 166 Å². The predicted octanol–water partition coefficient (Wildman–Crippen LogP) is 5.75. The molecule has 24 heavy (non-hydrogen) atoms. The van der Waals surface area contributed by atoms with Crippen molar-refractivity contribution >= 4 is 38.5 Å². The summed E-state index contributed by atoms with van der Waals surface area (Å²) in [6.45, 7) is 2.61. The SMILES string of the molecule is COc1ccc(COC(CC(C)OC)c2cc(Br)ccc2I)cc1. The van der Waals surface area contributed by atoms with Crippen LogP contribution in [0.25, 0.3) is 0 Å². The summed E-state index contributed by atoms with van der Waals surface area (Å²) in [6.07, 6.45) is 0.908. The van der Waals surface area contributed by atoms with E-state index in [2.05, 4.69) is 57.6 Å². The van der Waals surface area contributed by atoms with Crippen LogP contribution in [-0.4, -0.2) is 20.3 Å². The van der Waals surface area contributed by atoms with Crippen molar-refractivity contribution in [2.24, 2.45) is 0 Å². The Morgan fingerprint density at radius 3 is 2.42 bits per heavy atom. The predicted molar refractivity (Wildman–Crippen MR) is 108 cm³/mol. The van der Waals surface area contributed by atoms with E-state index in [4.69, 9.17) is 14.2 Å². The van der Waals surface area contributed by atoms with Gasteiger partial charge in [-0.25, -0.2) is 0 Å². The van der Waals surface area contributed by atoms with E-state index in [0.29, 0.717) is 6.61 Å². The van der Waals surface area contributed by atoms with Gasteiger partial charge in [0.2, 0.25) is 0 Å². The van der Waals surface area contributed by atoms with Gasteiger partial charge in [0.25, 0.3) is 0 Å². The maximum absolute atomic E-state index is 6.25. The standard InChI is InChI=1S/C19H22BrIO3/c1-13(22-2)10-19(17-11-15(20)6-9-18(17)21)24-12-14-4-7-16(23-3)8-5-14/h4-9,11,13,19H,10,12H2,1-3H3. The number of hydrogen-bond donors (Lipinski definition) is 0. The van der Waals surface area contributed by atoms with Gasteiger partial charge in [0, 0.05) is 21.6 Å². The van der Waals surface area contributed by atoms with E-state index in [9.17, 15) is 0 Å². The topological polar surface area (TPSA) is 27.7 Å². The van der Waals surface area contributed by atoms with Crippen LogP contribution in [0.1, 0.15) is 30.6 Å². The maximum atomic E-state index is 6.25. The van der Waals surface area contributed by atoms with E-state index >= 15 is 0 Å². The minimum atomic E-state index is -0.0218. The lowest BCUT2D eigenvalue weighted by molar-refractivity contribution is -0.00562. The van der Waals surface area contributed by atoms with Crippen LogP contribution in [0.2, 0.25) is 0 Å². The van der Waals surface area contributed by atoms with E-state index in [0.717, 1.165) is 22.2 Å². The molecule has 0 bridgehead atoms. The molecule has 130 valence electrons. The lowest BCUT2D eigenvalue weighted by atomic mass is 10.0. The van der Waals surface area contributed by atoms with Gasteiger partial charge in [-0.2, -0.15) is 0 Å². The summed E-state index contributed by atoms with van der Waals surface area (Å²) in [5, 5.41) is 0. The molecule has 0 aromatic heterocycles. The molecule has 2 aromatic rings. The quantitative estimate of drug-likeness (QED) is 0.429. The smallest absolute Gasteiger partial charge is 0.118 e. The molecule has 0 aliphatic heterocycles. The van der Waals surface area contributed by atoms with Crippen molar-refractivity contribution in [1.29, 1.82) is 0 Å². The lowest BCUT2D eigenvalue weighted by Gasteiger charge is -2.23. The molecule has 0 saturated carbocycles. The van der Waals surface area contributed by atoms with Gasteiger partial charge in [-0.3, -0.25) is 0 Å². The van der Waals surface area contributed by atoms with Gasteiger partial charge in [-0.15, -0.1) is 0 Å². The summed E-state index contributed by atoms with van der Waals surface area (Å²) in [7, 11) is 3.40. The third-order valence-electron chi connectivity index (χ3n) is 3.86. The molecule has 0 N–H and O–H groups in total. The van der Waals surface area contributed by atoms with Gasteiger partial charge < -0.3 is 14.2 Å². The second kappa shape index (κ2) is 9.75. The number of benzene rings is 2. The third kappa shape index (κ3) is 5.72. The van der Waals surface area contributed by atoms with Gasteiger partial charge in [0.1, 0.15) is 5.75 Å². The molecule has 0 amide bonds. The van der Waals surface area contributed by atoms with E-state index in [1.54, 1.807) is 14.2 Å². The van der Waals surface area contributed by atoms with Crippen LogP contribution >= 0.6 is 38.5 Å². The molecule has 0 heterocycles. The molecular weight excluding hydrogens is 483 g/mol. The maximum Gasteiger partial charge on any atom is 0.118 e. The molecule has 2 aromatic carbocycles. The van der Waals surface area contributed by atoms with Gasteiger partial charge >= 0.3 is 0 Å². The zero-order valence-electron chi connectivity index (χ0n) is 14.1. The van der Waals surface area contributed by atoms with E-state index in [-0.39, 0.29) is 12.2 Å². The fourth-order valence-electron chi connectivity index (χ4n) is 2.36. The zero-order chi connectivity index (χ0) is 17.5. The highest BCUT2D eigenvalue weighted by atomic mass is 127. The molecule has 0 aliphatic rings. The minimum Gasteiger partial charge on any atom is -0.497 e. The molecule has 0 aliphatic carbocycles. The number of methoxy groups -OCH3 is 2. The molecule has 2 atom stereocenters.